The number of rotatable bonds is 9. The van der Waals surface area contributed by atoms with E-state index in [0.29, 0.717) is 6.61 Å². The first kappa shape index (κ1) is 15.7. The first-order chi connectivity index (χ1) is 9.19. The summed E-state index contributed by atoms with van der Waals surface area (Å²) in [5.74, 6) is 4.87. The standard InChI is InChI=1S/C14H24N2O3/c1-3-4-5-6-7-11(2)19-10-12-8-9-18-13(12)14(17)16-15/h8-9,11H,3-7,10,15H2,1-2H3,(H,16,17). The lowest BCUT2D eigenvalue weighted by atomic mass is 10.1. The van der Waals surface area contributed by atoms with Crippen LogP contribution in [0.15, 0.2) is 16.7 Å². The van der Waals surface area contributed by atoms with Crippen molar-refractivity contribution in [2.45, 2.75) is 58.7 Å². The second kappa shape index (κ2) is 8.72. The summed E-state index contributed by atoms with van der Waals surface area (Å²) >= 11 is 0. The predicted octanol–water partition coefficient (Wildman–Crippen LogP) is 2.76. The monoisotopic (exact) mass is 268 g/mol. The van der Waals surface area contributed by atoms with Crippen LogP contribution in [0.4, 0.5) is 0 Å². The van der Waals surface area contributed by atoms with Crippen molar-refractivity contribution < 1.29 is 13.9 Å². The molecule has 3 N–H and O–H groups in total. The summed E-state index contributed by atoms with van der Waals surface area (Å²) in [5.41, 5.74) is 2.78. The van der Waals surface area contributed by atoms with Crippen LogP contribution in [0.1, 0.15) is 62.1 Å². The molecule has 5 nitrogen and oxygen atoms in total. The molecule has 0 aliphatic heterocycles. The maximum Gasteiger partial charge on any atom is 0.301 e. The normalized spacial score (nSPS) is 12.4. The molecule has 1 atom stereocenters. The number of carbonyl (C=O) groups is 1. The summed E-state index contributed by atoms with van der Waals surface area (Å²) in [6.45, 7) is 4.62. The number of nitrogens with one attached hydrogen (secondary N) is 1. The largest absolute Gasteiger partial charge is 0.459 e. The molecule has 0 fully saturated rings. The van der Waals surface area contributed by atoms with E-state index in [9.17, 15) is 4.79 Å². The number of hydrogen-bond acceptors (Lipinski definition) is 4. The Morgan fingerprint density at radius 2 is 2.26 bits per heavy atom. The maximum absolute atomic E-state index is 11.4. The Balaban J connectivity index is 2.32. The second-order valence-corrected chi connectivity index (χ2v) is 4.72. The van der Waals surface area contributed by atoms with E-state index in [1.165, 1.54) is 31.9 Å². The molecule has 1 rings (SSSR count). The number of amides is 1. The molecule has 1 unspecified atom stereocenters. The van der Waals surface area contributed by atoms with Crippen LogP contribution < -0.4 is 11.3 Å². The zero-order chi connectivity index (χ0) is 14.1. The molecule has 1 aromatic heterocycles. The number of nitrogens with two attached hydrogens (primary N) is 1. The highest BCUT2D eigenvalue weighted by Crippen LogP contribution is 2.14. The van der Waals surface area contributed by atoms with Crippen molar-refractivity contribution in [1.29, 1.82) is 0 Å². The molecule has 108 valence electrons. The number of hydrogen-bond donors (Lipinski definition) is 2. The molecule has 0 aliphatic carbocycles. The van der Waals surface area contributed by atoms with Gasteiger partial charge in [0.1, 0.15) is 0 Å². The molecule has 0 aromatic carbocycles. The van der Waals surface area contributed by atoms with Crippen molar-refractivity contribution in [1.82, 2.24) is 5.43 Å². The zero-order valence-corrected chi connectivity index (χ0v) is 11.8. The lowest BCUT2D eigenvalue weighted by molar-refractivity contribution is 0.0447. The quantitative estimate of drug-likeness (QED) is 0.312. The molecule has 1 heterocycles. The van der Waals surface area contributed by atoms with Crippen molar-refractivity contribution in [3.8, 4) is 0 Å². The molecule has 19 heavy (non-hydrogen) atoms. The fraction of sp³-hybridized carbons (Fsp3) is 0.643. The zero-order valence-electron chi connectivity index (χ0n) is 11.8. The van der Waals surface area contributed by atoms with E-state index in [2.05, 4.69) is 19.3 Å². The summed E-state index contributed by atoms with van der Waals surface area (Å²) in [6.07, 6.45) is 7.62. The van der Waals surface area contributed by atoms with E-state index < -0.39 is 5.91 Å². The van der Waals surface area contributed by atoms with E-state index >= 15 is 0 Å². The van der Waals surface area contributed by atoms with E-state index in [-0.39, 0.29) is 11.9 Å². The molecular weight excluding hydrogens is 244 g/mol. The summed E-state index contributed by atoms with van der Waals surface area (Å²) < 4.78 is 10.8. The van der Waals surface area contributed by atoms with Crippen molar-refractivity contribution in [3.63, 3.8) is 0 Å². The number of ether oxygens (including phenoxy) is 1. The van der Waals surface area contributed by atoms with Crippen LogP contribution in [0, 0.1) is 0 Å². The van der Waals surface area contributed by atoms with Gasteiger partial charge >= 0.3 is 5.91 Å². The molecular formula is C14H24N2O3. The molecule has 0 aliphatic rings. The van der Waals surface area contributed by atoms with Crippen molar-refractivity contribution in [2.75, 3.05) is 0 Å². The number of nitrogen functional groups attached to an aromatic ring is 1. The highest BCUT2D eigenvalue weighted by Gasteiger charge is 2.15. The van der Waals surface area contributed by atoms with Gasteiger partial charge in [-0.25, -0.2) is 5.84 Å². The van der Waals surface area contributed by atoms with Crippen molar-refractivity contribution >= 4 is 5.91 Å². The van der Waals surface area contributed by atoms with Crippen LogP contribution in [0.2, 0.25) is 0 Å². The summed E-state index contributed by atoms with van der Waals surface area (Å²) in [5, 5.41) is 0. The third kappa shape index (κ3) is 5.44. The molecule has 0 spiro atoms. The van der Waals surface area contributed by atoms with Gasteiger partial charge in [-0.05, 0) is 19.4 Å². The molecule has 1 amide bonds. The van der Waals surface area contributed by atoms with Gasteiger partial charge in [0.25, 0.3) is 0 Å². The summed E-state index contributed by atoms with van der Waals surface area (Å²) in [7, 11) is 0. The molecule has 0 saturated heterocycles. The van der Waals surface area contributed by atoms with Gasteiger partial charge in [-0.2, -0.15) is 0 Å². The van der Waals surface area contributed by atoms with Gasteiger partial charge in [-0.1, -0.05) is 32.6 Å². The van der Waals surface area contributed by atoms with Crippen LogP contribution in [-0.2, 0) is 11.3 Å². The number of carbonyl (C=O) groups excluding carboxylic acids is 1. The Kier molecular flexibility index (Phi) is 7.22. The first-order valence-electron chi connectivity index (χ1n) is 6.88. The highest BCUT2D eigenvalue weighted by atomic mass is 16.5. The molecule has 0 radical (unpaired) electrons. The lowest BCUT2D eigenvalue weighted by Crippen LogP contribution is -2.30. The average molecular weight is 268 g/mol. The third-order valence-electron chi connectivity index (χ3n) is 3.07. The maximum atomic E-state index is 11.4. The minimum atomic E-state index is -0.431. The van der Waals surface area contributed by atoms with Crippen LogP contribution in [0.3, 0.4) is 0 Å². The molecule has 1 aromatic rings. The number of hydrazine groups is 1. The minimum Gasteiger partial charge on any atom is -0.459 e. The summed E-state index contributed by atoms with van der Waals surface area (Å²) in [6, 6.07) is 1.73. The van der Waals surface area contributed by atoms with Crippen LogP contribution >= 0.6 is 0 Å². The van der Waals surface area contributed by atoms with Gasteiger partial charge in [0.2, 0.25) is 0 Å². The fourth-order valence-electron chi connectivity index (χ4n) is 1.89. The van der Waals surface area contributed by atoms with E-state index in [1.807, 2.05) is 0 Å². The Morgan fingerprint density at radius 3 is 2.95 bits per heavy atom. The summed E-state index contributed by atoms with van der Waals surface area (Å²) in [4.78, 5) is 11.4. The van der Waals surface area contributed by atoms with Crippen LogP contribution in [0.5, 0.6) is 0 Å². The molecule has 0 bridgehead atoms. The minimum absolute atomic E-state index is 0.181. The van der Waals surface area contributed by atoms with E-state index in [1.54, 1.807) is 6.07 Å². The Hall–Kier alpha value is -1.33. The Morgan fingerprint density at radius 1 is 1.47 bits per heavy atom. The van der Waals surface area contributed by atoms with E-state index in [0.717, 1.165) is 12.0 Å². The van der Waals surface area contributed by atoms with Gasteiger partial charge in [-0.3, -0.25) is 10.2 Å². The topological polar surface area (TPSA) is 77.5 Å². The Bertz CT molecular complexity index is 377. The average Bonchev–Trinajstić information content (AvgIpc) is 2.89. The van der Waals surface area contributed by atoms with E-state index in [4.69, 9.17) is 15.0 Å². The van der Waals surface area contributed by atoms with Crippen LogP contribution in [-0.4, -0.2) is 12.0 Å². The Labute approximate surface area is 114 Å². The van der Waals surface area contributed by atoms with Crippen molar-refractivity contribution in [2.24, 2.45) is 5.84 Å². The van der Waals surface area contributed by atoms with Gasteiger partial charge in [0, 0.05) is 5.56 Å². The first-order valence-corrected chi connectivity index (χ1v) is 6.88. The predicted molar refractivity (Wildman–Crippen MR) is 73.4 cm³/mol. The molecule has 5 heteroatoms. The highest BCUT2D eigenvalue weighted by molar-refractivity contribution is 5.92. The van der Waals surface area contributed by atoms with Crippen LogP contribution in [0.25, 0.3) is 0 Å². The van der Waals surface area contributed by atoms with Gasteiger partial charge in [0.15, 0.2) is 5.76 Å². The second-order valence-electron chi connectivity index (χ2n) is 4.72. The van der Waals surface area contributed by atoms with Gasteiger partial charge < -0.3 is 9.15 Å². The molecule has 0 saturated carbocycles. The van der Waals surface area contributed by atoms with Gasteiger partial charge in [-0.15, -0.1) is 0 Å². The third-order valence-corrected chi connectivity index (χ3v) is 3.07. The number of unbranched alkanes of at least 4 members (excludes halogenated alkanes) is 3. The smallest absolute Gasteiger partial charge is 0.301 e. The van der Waals surface area contributed by atoms with Crippen molar-refractivity contribution in [3.05, 3.63) is 23.7 Å². The SMILES string of the molecule is CCCCCCC(C)OCc1ccoc1C(=O)NN. The number of furan rings is 1. The van der Waals surface area contributed by atoms with Gasteiger partial charge in [0.05, 0.1) is 19.0 Å². The fourth-order valence-corrected chi connectivity index (χ4v) is 1.89. The lowest BCUT2D eigenvalue weighted by Gasteiger charge is -2.12.